The molecule has 1 heterocycles. The molecule has 0 atom stereocenters. The molecule has 0 aromatic heterocycles. The molecule has 6 heteroatoms. The van der Waals surface area contributed by atoms with Gasteiger partial charge in [0.15, 0.2) is 5.96 Å². The molecule has 1 saturated heterocycles. The molecule has 0 bridgehead atoms. The first kappa shape index (κ1) is 23.4. The molecule has 0 spiro atoms. The average Bonchev–Trinajstić information content (AvgIpc) is 3.42. The summed E-state index contributed by atoms with van der Waals surface area (Å²) in [7, 11) is 0. The molecule has 2 fully saturated rings. The van der Waals surface area contributed by atoms with E-state index in [2.05, 4.69) is 36.3 Å². The zero-order valence-electron chi connectivity index (χ0n) is 17.5. The number of guanidine groups is 1. The predicted octanol–water partition coefficient (Wildman–Crippen LogP) is 4.15. The lowest BCUT2D eigenvalue weighted by molar-refractivity contribution is 0.187. The van der Waals surface area contributed by atoms with Crippen molar-refractivity contribution >= 4 is 29.9 Å². The predicted molar refractivity (Wildman–Crippen MR) is 126 cm³/mol. The first-order chi connectivity index (χ1) is 13.0. The lowest BCUT2D eigenvalue weighted by Crippen LogP contribution is -2.49. The largest absolute Gasteiger partial charge is 0.357 e. The first-order valence-electron chi connectivity index (χ1n) is 10.5. The molecule has 0 radical (unpaired) electrons. The maximum Gasteiger partial charge on any atom is 0.191 e. The third-order valence-electron chi connectivity index (χ3n) is 5.73. The fourth-order valence-corrected chi connectivity index (χ4v) is 4.07. The fourth-order valence-electron chi connectivity index (χ4n) is 4.07. The van der Waals surface area contributed by atoms with E-state index in [0.717, 1.165) is 62.8 Å². The van der Waals surface area contributed by atoms with Gasteiger partial charge in [-0.05, 0) is 50.2 Å². The molecule has 1 saturated carbocycles. The van der Waals surface area contributed by atoms with Gasteiger partial charge in [-0.3, -0.25) is 4.99 Å². The Labute approximate surface area is 186 Å². The minimum Gasteiger partial charge on any atom is -0.357 e. The highest BCUT2D eigenvalue weighted by atomic mass is 127. The molecule has 3 rings (SSSR count). The molecule has 0 amide bonds. The number of benzene rings is 1. The van der Waals surface area contributed by atoms with Crippen LogP contribution >= 0.6 is 24.0 Å². The lowest BCUT2D eigenvalue weighted by Gasteiger charge is -2.34. The van der Waals surface area contributed by atoms with Crippen molar-refractivity contribution in [2.75, 3.05) is 32.7 Å². The summed E-state index contributed by atoms with van der Waals surface area (Å²) in [6.07, 6.45) is 4.33. The van der Waals surface area contributed by atoms with Crippen molar-refractivity contribution in [1.29, 1.82) is 0 Å². The van der Waals surface area contributed by atoms with Crippen LogP contribution in [-0.4, -0.2) is 49.6 Å². The van der Waals surface area contributed by atoms with E-state index in [1.807, 2.05) is 12.1 Å². The summed E-state index contributed by atoms with van der Waals surface area (Å²) in [6.45, 7) is 11.6. The van der Waals surface area contributed by atoms with Crippen molar-refractivity contribution in [2.45, 2.75) is 57.9 Å². The Bertz CT molecular complexity index is 637. The molecule has 2 aliphatic rings. The molecule has 158 valence electrons. The smallest absolute Gasteiger partial charge is 0.191 e. The number of rotatable bonds is 7. The van der Waals surface area contributed by atoms with Crippen molar-refractivity contribution < 1.29 is 4.39 Å². The highest BCUT2D eigenvalue weighted by Gasteiger charge is 2.45. The zero-order chi connectivity index (χ0) is 19.3. The molecule has 1 aromatic carbocycles. The second-order valence-electron chi connectivity index (χ2n) is 8.57. The SMILES string of the molecule is CCNC(=NCC1(c2ccccc2F)CC1)NC1CCN(CC(C)C)CC1.I. The fraction of sp³-hybridized carbons (Fsp3) is 0.682. The Balaban J connectivity index is 0.00000280. The number of aliphatic imine (C=N–C) groups is 1. The van der Waals surface area contributed by atoms with E-state index in [1.165, 1.54) is 6.54 Å². The molecule has 2 N–H and O–H groups in total. The Hall–Kier alpha value is -0.890. The second kappa shape index (κ2) is 10.8. The Morgan fingerprint density at radius 1 is 1.25 bits per heavy atom. The number of nitrogens with one attached hydrogen (secondary N) is 2. The summed E-state index contributed by atoms with van der Waals surface area (Å²) in [6, 6.07) is 7.64. The average molecular weight is 502 g/mol. The lowest BCUT2D eigenvalue weighted by atomic mass is 9.95. The molecule has 1 aromatic rings. The van der Waals surface area contributed by atoms with Crippen LogP contribution in [0.2, 0.25) is 0 Å². The Morgan fingerprint density at radius 3 is 2.50 bits per heavy atom. The Kier molecular flexibility index (Phi) is 8.99. The third kappa shape index (κ3) is 6.31. The number of hydrogen-bond donors (Lipinski definition) is 2. The van der Waals surface area contributed by atoms with Crippen molar-refractivity contribution in [1.82, 2.24) is 15.5 Å². The van der Waals surface area contributed by atoms with E-state index < -0.39 is 0 Å². The van der Waals surface area contributed by atoms with Crippen molar-refractivity contribution in [3.63, 3.8) is 0 Å². The maximum absolute atomic E-state index is 14.2. The van der Waals surface area contributed by atoms with E-state index in [4.69, 9.17) is 4.99 Å². The van der Waals surface area contributed by atoms with Gasteiger partial charge in [0.1, 0.15) is 5.82 Å². The van der Waals surface area contributed by atoms with E-state index in [0.29, 0.717) is 12.6 Å². The first-order valence-corrected chi connectivity index (χ1v) is 10.5. The van der Waals surface area contributed by atoms with Gasteiger partial charge in [0.05, 0.1) is 6.54 Å². The van der Waals surface area contributed by atoms with Crippen LogP contribution in [0.4, 0.5) is 4.39 Å². The standard InChI is InChI=1S/C22H35FN4.HI/c1-4-24-21(26-18-9-13-27(14-10-18)15-17(2)3)25-16-22(11-12-22)19-7-5-6-8-20(19)23;/h5-8,17-18H,4,9-16H2,1-3H3,(H2,24,25,26);1H. The molecular formula is C22H36FIN4. The minimum absolute atomic E-state index is 0. The summed E-state index contributed by atoms with van der Waals surface area (Å²) < 4.78 is 14.2. The summed E-state index contributed by atoms with van der Waals surface area (Å²) in [5.41, 5.74) is 0.723. The van der Waals surface area contributed by atoms with Gasteiger partial charge in [-0.1, -0.05) is 32.0 Å². The number of nitrogens with zero attached hydrogens (tertiary/aromatic N) is 2. The highest BCUT2D eigenvalue weighted by molar-refractivity contribution is 14.0. The van der Waals surface area contributed by atoms with E-state index in [-0.39, 0.29) is 35.2 Å². The number of likely N-dealkylation sites (tertiary alicyclic amines) is 1. The number of hydrogen-bond acceptors (Lipinski definition) is 2. The Morgan fingerprint density at radius 2 is 1.93 bits per heavy atom. The van der Waals surface area contributed by atoms with Crippen molar-refractivity contribution in [2.24, 2.45) is 10.9 Å². The van der Waals surface area contributed by atoms with Gasteiger partial charge in [0.25, 0.3) is 0 Å². The molecular weight excluding hydrogens is 466 g/mol. The van der Waals surface area contributed by atoms with Crippen LogP contribution in [0.5, 0.6) is 0 Å². The van der Waals surface area contributed by atoms with Gasteiger partial charge in [0.2, 0.25) is 0 Å². The molecule has 4 nitrogen and oxygen atoms in total. The summed E-state index contributed by atoms with van der Waals surface area (Å²) in [5.74, 6) is 1.50. The van der Waals surface area contributed by atoms with Crippen LogP contribution in [0.1, 0.15) is 52.0 Å². The number of piperidine rings is 1. The molecule has 0 unspecified atom stereocenters. The van der Waals surface area contributed by atoms with Crippen molar-refractivity contribution in [3.05, 3.63) is 35.6 Å². The van der Waals surface area contributed by atoms with E-state index in [9.17, 15) is 4.39 Å². The second-order valence-corrected chi connectivity index (χ2v) is 8.57. The van der Waals surface area contributed by atoms with Crippen LogP contribution in [0.3, 0.4) is 0 Å². The van der Waals surface area contributed by atoms with Crippen LogP contribution in [-0.2, 0) is 5.41 Å². The molecule has 1 aliphatic carbocycles. The van der Waals surface area contributed by atoms with Crippen LogP contribution in [0.25, 0.3) is 0 Å². The summed E-state index contributed by atoms with van der Waals surface area (Å²) in [4.78, 5) is 7.40. The zero-order valence-corrected chi connectivity index (χ0v) is 19.8. The van der Waals surface area contributed by atoms with Crippen molar-refractivity contribution in [3.8, 4) is 0 Å². The minimum atomic E-state index is -0.103. The van der Waals surface area contributed by atoms with Gasteiger partial charge in [0, 0.05) is 37.6 Å². The monoisotopic (exact) mass is 502 g/mol. The van der Waals surface area contributed by atoms with E-state index in [1.54, 1.807) is 12.1 Å². The molecule has 28 heavy (non-hydrogen) atoms. The van der Waals surface area contributed by atoms with E-state index >= 15 is 0 Å². The normalized spacial score (nSPS) is 20.0. The van der Waals surface area contributed by atoms with Gasteiger partial charge >= 0.3 is 0 Å². The van der Waals surface area contributed by atoms with Gasteiger partial charge in [-0.25, -0.2) is 4.39 Å². The maximum atomic E-state index is 14.2. The number of halogens is 2. The van der Waals surface area contributed by atoms with Gasteiger partial charge in [-0.2, -0.15) is 0 Å². The highest BCUT2D eigenvalue weighted by Crippen LogP contribution is 2.49. The molecule has 1 aliphatic heterocycles. The topological polar surface area (TPSA) is 39.7 Å². The third-order valence-corrected chi connectivity index (χ3v) is 5.73. The van der Waals surface area contributed by atoms with Crippen LogP contribution in [0, 0.1) is 11.7 Å². The van der Waals surface area contributed by atoms with Crippen LogP contribution in [0.15, 0.2) is 29.3 Å². The van der Waals surface area contributed by atoms with Crippen LogP contribution < -0.4 is 10.6 Å². The summed E-state index contributed by atoms with van der Waals surface area (Å²) in [5, 5.41) is 6.99. The summed E-state index contributed by atoms with van der Waals surface area (Å²) >= 11 is 0. The quantitative estimate of drug-likeness (QED) is 0.335. The van der Waals surface area contributed by atoms with Gasteiger partial charge in [-0.15, -0.1) is 24.0 Å². The van der Waals surface area contributed by atoms with Gasteiger partial charge < -0.3 is 15.5 Å².